The van der Waals surface area contributed by atoms with Crippen LogP contribution < -0.4 is 21.3 Å². The number of hydrogen-bond acceptors (Lipinski definition) is 44. The van der Waals surface area contributed by atoms with Crippen molar-refractivity contribution in [3.8, 4) is 0 Å². The minimum absolute atomic E-state index is 0.141. The predicted molar refractivity (Wildman–Crippen MR) is 512 cm³/mol. The van der Waals surface area contributed by atoms with E-state index in [4.69, 9.17) is 66.3 Å². The second-order valence-electron chi connectivity index (χ2n) is 39.9. The van der Waals surface area contributed by atoms with Gasteiger partial charge in [0, 0.05) is 26.2 Å². The first-order valence-corrected chi connectivity index (χ1v) is 53.1. The molecule has 0 saturated carbocycles. The Morgan fingerprint density at radius 2 is 0.730 bits per heavy atom. The van der Waals surface area contributed by atoms with E-state index in [1.807, 2.05) is 16.7 Å². The molecule has 0 aromatic carbocycles. The van der Waals surface area contributed by atoms with Gasteiger partial charge < -0.3 is 220 Å². The molecule has 4 amide bonds. The number of hydrogen-bond donors (Lipinski definition) is 30. The molecular formula is C98H174N4O46. The van der Waals surface area contributed by atoms with Gasteiger partial charge in [0.05, 0.1) is 89.3 Å². The normalized spacial score (nSPS) is 35.0. The Hall–Kier alpha value is -4.96. The van der Waals surface area contributed by atoms with Gasteiger partial charge in [-0.15, -0.1) is 0 Å². The van der Waals surface area contributed by atoms with E-state index in [9.17, 15) is 162 Å². The number of carbonyl (C=O) groups is 6. The highest BCUT2D eigenvalue weighted by Crippen LogP contribution is 2.43. The maximum Gasteiger partial charge on any atom is 0.364 e. The molecule has 7 rings (SSSR count). The summed E-state index contributed by atoms with van der Waals surface area (Å²) >= 11 is 0. The first kappa shape index (κ1) is 130. The van der Waals surface area contributed by atoms with Crippen molar-refractivity contribution in [2.24, 2.45) is 0 Å². The Kier molecular flexibility index (Phi) is 59.6. The van der Waals surface area contributed by atoms with Crippen LogP contribution >= 0.6 is 0 Å². The highest BCUT2D eigenvalue weighted by Gasteiger charge is 2.64. The summed E-state index contributed by atoms with van der Waals surface area (Å²) < 4.78 is 82.3. The molecule has 7 fully saturated rings. The van der Waals surface area contributed by atoms with E-state index in [0.29, 0.717) is 12.8 Å². The molecule has 7 aliphatic rings. The van der Waals surface area contributed by atoms with Gasteiger partial charge in [0.2, 0.25) is 23.6 Å². The van der Waals surface area contributed by atoms with Gasteiger partial charge in [0.25, 0.3) is 11.6 Å². The van der Waals surface area contributed by atoms with Crippen LogP contribution in [0.1, 0.15) is 265 Å². The van der Waals surface area contributed by atoms with E-state index in [1.54, 1.807) is 6.08 Å². The zero-order chi connectivity index (χ0) is 109. The van der Waals surface area contributed by atoms with Gasteiger partial charge in [-0.2, -0.15) is 0 Å². The number of unbranched alkanes of at least 4 members (excludes halogenated alkanes) is 33. The van der Waals surface area contributed by atoms with Crippen LogP contribution in [0, 0.1) is 0 Å². The van der Waals surface area contributed by atoms with Crippen LogP contribution in [0.2, 0.25) is 0 Å². The van der Waals surface area contributed by atoms with Crippen LogP contribution in [0.25, 0.3) is 0 Å². The van der Waals surface area contributed by atoms with E-state index >= 15 is 0 Å². The van der Waals surface area contributed by atoms with Crippen molar-refractivity contribution in [1.82, 2.24) is 21.3 Å². The molecule has 39 atom stereocenters. The molecule has 148 heavy (non-hydrogen) atoms. The third kappa shape index (κ3) is 38.5. The molecule has 7 heterocycles. The Bertz CT molecular complexity index is 3730. The highest BCUT2D eigenvalue weighted by molar-refractivity contribution is 5.79. The summed E-state index contributed by atoms with van der Waals surface area (Å²) in [6.45, 7) is -6.61. The zero-order valence-electron chi connectivity index (χ0n) is 85.3. The second kappa shape index (κ2) is 67.9. The lowest BCUT2D eigenvalue weighted by atomic mass is 9.87. The topological polar surface area (TPSA) is 806 Å². The highest BCUT2D eigenvalue weighted by atomic mass is 16.8. The van der Waals surface area contributed by atoms with Crippen LogP contribution in [0.4, 0.5) is 0 Å². The molecule has 14 unspecified atom stereocenters. The molecule has 862 valence electrons. The number of aliphatic hydroxyl groups is 24. The number of carboxylic acid groups (broad SMARTS) is 2. The number of amides is 4. The fourth-order valence-electron chi connectivity index (χ4n) is 19.8. The number of carboxylic acids is 2. The standard InChI is InChI=1S/C98H174N4O46/c1-4-6-8-10-12-14-16-18-19-20-21-22-23-24-25-26-27-29-31-33-35-37-39-41-66(117)100-55(56(113)40-38-36-34-32-30-28-17-15-13-11-9-7-5-2)53-135-91-79(127)77(125)83(64(49-108)139-91)141-92-80(128)78(126)84(65(50-109)140-92)142-93-81(129)88(74(122)61(46-105)137-93)144-90-71(99-54(3)112)85(73(121)60(45-104)136-90)143-94-82(130)89(75(123)62(47-106)138-94)148-98(96(133)134)43-58(115)70(102-68(119)52-111)87(147-98)76(124)63(48-107)145-97(95(131)132)42-57(114)69(101-67(118)51-110)86(146-97)72(120)59(116)44-103/h38,40,55-65,69-94,103-111,113-116,120-130H,4-37,39,41-53H2,1-3H3,(H,99,112)(H,100,117)(H,101,118)(H,102,119)(H,131,132)(H,133,134)/b40-38+/t55-,56+,57?,58?,59+,60?,61?,62?,63+,64?,65?,69+,70+,71?,72+,73-,74-,75-,76+,77+,78+,79?,80?,81?,82?,83+,84-,85+,86?,87?,88-,89-,90-,91+,92-,93-,94-,97+,98-/m0/s1. The van der Waals surface area contributed by atoms with E-state index in [2.05, 4.69) is 24.5 Å². The first-order chi connectivity index (χ1) is 70.9. The van der Waals surface area contributed by atoms with Crippen LogP contribution in [-0.2, 0) is 95.1 Å². The SMILES string of the molecule is CCCCCCCCCCCCC/C=C/[C@@H](O)[C@H](CO[C@@H]1OC(CO)[C@@H](O[C@@H]2OC(CO)[C@H](O[C@@H]3OC(CO)[C@H](O)[C@H](O[C@@H]4OC(CO)[C@H](O)[C@H](O[C@@H]5OC(CO)[C@H](O)[C@H](O[C@]6(C(=O)O)CC(O)[C@@H](NC(=O)CO)C([C@H](O)[C@@H](CO)O[C@]7(C(=O)O)CC(O)[C@@H](NC(=O)CO)C([C@H](O)[C@H](O)CO)O7)O6)C5O)C4NC(C)=O)C3O)[C@H](O)C2O)[C@H](O)C1O)NC(=O)CCCCCCCCCCCCCCCCCCCCCCCCC. The predicted octanol–water partition coefficient (Wildman–Crippen LogP) is -4.98. The molecule has 0 bridgehead atoms. The van der Waals surface area contributed by atoms with Crippen LogP contribution in [-0.4, -0.2) is 473 Å². The summed E-state index contributed by atoms with van der Waals surface area (Å²) in [5.74, 6) is -15.8. The van der Waals surface area contributed by atoms with E-state index in [-0.39, 0.29) is 12.3 Å². The molecular weight excluding hydrogens is 1970 g/mol. The van der Waals surface area contributed by atoms with Gasteiger partial charge in [-0.3, -0.25) is 19.2 Å². The van der Waals surface area contributed by atoms with Gasteiger partial charge >= 0.3 is 11.9 Å². The summed E-state index contributed by atoms with van der Waals surface area (Å²) in [6.07, 6.45) is -31.6. The molecule has 50 nitrogen and oxygen atoms in total. The van der Waals surface area contributed by atoms with E-state index in [0.717, 1.165) is 64.7 Å². The van der Waals surface area contributed by atoms with E-state index in [1.165, 1.54) is 154 Å². The van der Waals surface area contributed by atoms with Gasteiger partial charge in [-0.25, -0.2) is 9.59 Å². The Morgan fingerprint density at radius 1 is 0.372 bits per heavy atom. The molecule has 0 radical (unpaired) electrons. The lowest BCUT2D eigenvalue weighted by Crippen LogP contribution is -2.72. The number of rotatable bonds is 72. The Balaban J connectivity index is 1.00. The molecule has 7 aliphatic heterocycles. The molecule has 0 spiro atoms. The van der Waals surface area contributed by atoms with Gasteiger partial charge in [-0.1, -0.05) is 231 Å². The minimum atomic E-state index is -3.64. The smallest absolute Gasteiger partial charge is 0.364 e. The largest absolute Gasteiger partial charge is 0.477 e. The van der Waals surface area contributed by atoms with Crippen molar-refractivity contribution < 1.29 is 228 Å². The second-order valence-corrected chi connectivity index (χ2v) is 39.9. The maximum atomic E-state index is 13.8. The number of aliphatic carboxylic acids is 2. The molecule has 7 saturated heterocycles. The lowest BCUT2D eigenvalue weighted by molar-refractivity contribution is -0.393. The fraction of sp³-hybridized carbons (Fsp3) is 0.918. The molecule has 0 aromatic heterocycles. The molecule has 0 aromatic rings. The van der Waals surface area contributed by atoms with Gasteiger partial charge in [-0.05, 0) is 19.3 Å². The number of nitrogens with one attached hydrogen (secondary N) is 4. The van der Waals surface area contributed by atoms with Crippen molar-refractivity contribution in [3.63, 3.8) is 0 Å². The minimum Gasteiger partial charge on any atom is -0.477 e. The maximum absolute atomic E-state index is 13.8. The van der Waals surface area contributed by atoms with Gasteiger partial charge in [0.1, 0.15) is 172 Å². The van der Waals surface area contributed by atoms with Crippen molar-refractivity contribution in [1.29, 1.82) is 0 Å². The number of ether oxygens (including phenoxy) is 14. The zero-order valence-corrected chi connectivity index (χ0v) is 85.3. The van der Waals surface area contributed by atoms with Crippen molar-refractivity contribution in [2.75, 3.05) is 66.1 Å². The van der Waals surface area contributed by atoms with Crippen molar-refractivity contribution in [2.45, 2.75) is 503 Å². The monoisotopic (exact) mass is 2140 g/mol. The van der Waals surface area contributed by atoms with Crippen LogP contribution in [0.3, 0.4) is 0 Å². The van der Waals surface area contributed by atoms with Gasteiger partial charge in [0.15, 0.2) is 31.5 Å². The number of allylic oxidation sites excluding steroid dienone is 1. The Morgan fingerprint density at radius 3 is 1.15 bits per heavy atom. The van der Waals surface area contributed by atoms with Crippen LogP contribution in [0.15, 0.2) is 12.2 Å². The molecule has 50 heteroatoms. The van der Waals surface area contributed by atoms with Crippen LogP contribution in [0.5, 0.6) is 0 Å². The fourth-order valence-corrected chi connectivity index (χ4v) is 19.8. The third-order valence-electron chi connectivity index (χ3n) is 28.4. The summed E-state index contributed by atoms with van der Waals surface area (Å²) in [5.41, 5.74) is 0. The molecule has 0 aliphatic carbocycles. The average Bonchev–Trinajstić information content (AvgIpc) is 0.730. The quantitative estimate of drug-likeness (QED) is 0.0200. The van der Waals surface area contributed by atoms with Crippen molar-refractivity contribution in [3.05, 3.63) is 12.2 Å². The summed E-state index contributed by atoms with van der Waals surface area (Å²) in [5, 5.41) is 301. The lowest BCUT2D eigenvalue weighted by Gasteiger charge is -2.52. The van der Waals surface area contributed by atoms with Crippen molar-refractivity contribution >= 4 is 35.6 Å². The third-order valence-corrected chi connectivity index (χ3v) is 28.4. The Labute approximate surface area is 862 Å². The molecule has 30 N–H and O–H groups in total. The first-order valence-electron chi connectivity index (χ1n) is 53.1. The average molecular weight is 2140 g/mol. The number of carbonyl (C=O) groups excluding carboxylic acids is 4. The number of aliphatic hydroxyl groups excluding tert-OH is 24. The summed E-state index contributed by atoms with van der Waals surface area (Å²) in [6, 6.07) is -7.38. The summed E-state index contributed by atoms with van der Waals surface area (Å²) in [4.78, 5) is 79.4. The van der Waals surface area contributed by atoms with E-state index < -0.39 is 347 Å². The summed E-state index contributed by atoms with van der Waals surface area (Å²) in [7, 11) is 0.